The Kier molecular flexibility index (Phi) is 3.44. The second-order valence-corrected chi connectivity index (χ2v) is 5.25. The number of ether oxygens (including phenoxy) is 1. The zero-order chi connectivity index (χ0) is 15.0. The van der Waals surface area contributed by atoms with Crippen LogP contribution in [-0.4, -0.2) is 16.3 Å². The van der Waals surface area contributed by atoms with Gasteiger partial charge < -0.3 is 9.72 Å². The monoisotopic (exact) mass is 312 g/mol. The molecule has 1 heterocycles. The molecule has 0 amide bonds. The number of hydrogen-bond acceptors (Lipinski definition) is 3. The Balaban J connectivity index is 2.06. The summed E-state index contributed by atoms with van der Waals surface area (Å²) in [5, 5.41) is 0. The average molecular weight is 312 g/mol. The van der Waals surface area contributed by atoms with E-state index in [1.807, 2.05) is 0 Å². The molecule has 110 valence electrons. The number of hydrogen-bond donors (Lipinski definition) is 1. The third-order valence-electron chi connectivity index (χ3n) is 3.13. The smallest absolute Gasteiger partial charge is 0.405 e. The number of aromatic nitrogens is 2. The standard InChI is InChI=1S/C14H11F3N2OS/c15-14(16,17)20-11-4-2-1-3-9(11)10-7-12(21)19-13(18-10)8-5-6-8/h1-4,7-8H,5-6H2,(H,18,19,21). The third kappa shape index (κ3) is 3.41. The molecule has 1 saturated carbocycles. The fourth-order valence-corrected chi connectivity index (χ4v) is 2.29. The van der Waals surface area contributed by atoms with Crippen LogP contribution in [0.2, 0.25) is 0 Å². The molecular weight excluding hydrogens is 301 g/mol. The maximum absolute atomic E-state index is 12.5. The Hall–Kier alpha value is -1.89. The largest absolute Gasteiger partial charge is 0.573 e. The molecule has 0 unspecified atom stereocenters. The van der Waals surface area contributed by atoms with Crippen molar-refractivity contribution < 1.29 is 17.9 Å². The molecule has 0 aliphatic heterocycles. The Morgan fingerprint density at radius 3 is 2.62 bits per heavy atom. The van der Waals surface area contributed by atoms with E-state index in [1.165, 1.54) is 12.1 Å². The van der Waals surface area contributed by atoms with Gasteiger partial charge in [-0.05, 0) is 31.0 Å². The van der Waals surface area contributed by atoms with Gasteiger partial charge in [-0.3, -0.25) is 0 Å². The van der Waals surface area contributed by atoms with Crippen molar-refractivity contribution in [1.82, 2.24) is 9.97 Å². The molecule has 1 aromatic heterocycles. The topological polar surface area (TPSA) is 37.9 Å². The highest BCUT2D eigenvalue weighted by molar-refractivity contribution is 7.71. The summed E-state index contributed by atoms with van der Waals surface area (Å²) in [4.78, 5) is 7.29. The molecule has 1 fully saturated rings. The van der Waals surface area contributed by atoms with Crippen molar-refractivity contribution in [3.05, 3.63) is 40.8 Å². The summed E-state index contributed by atoms with van der Waals surface area (Å²) < 4.78 is 41.8. The predicted molar refractivity (Wildman–Crippen MR) is 73.5 cm³/mol. The van der Waals surface area contributed by atoms with Crippen LogP contribution in [0.5, 0.6) is 5.75 Å². The lowest BCUT2D eigenvalue weighted by Gasteiger charge is -2.13. The zero-order valence-electron chi connectivity index (χ0n) is 10.8. The van der Waals surface area contributed by atoms with Crippen LogP contribution in [0.4, 0.5) is 13.2 Å². The van der Waals surface area contributed by atoms with Gasteiger partial charge in [0.1, 0.15) is 16.2 Å². The van der Waals surface area contributed by atoms with Gasteiger partial charge >= 0.3 is 6.36 Å². The van der Waals surface area contributed by atoms with Crippen molar-refractivity contribution in [2.24, 2.45) is 0 Å². The lowest BCUT2D eigenvalue weighted by molar-refractivity contribution is -0.274. The number of benzene rings is 1. The maximum atomic E-state index is 12.5. The van der Waals surface area contributed by atoms with Gasteiger partial charge in [0.15, 0.2) is 0 Å². The SMILES string of the molecule is FC(F)(F)Oc1ccccc1-c1cc(=S)nc(C2CC2)[nH]1. The Bertz CT molecular complexity index is 723. The first-order chi connectivity index (χ1) is 9.92. The number of nitrogens with zero attached hydrogens (tertiary/aromatic N) is 1. The minimum absolute atomic E-state index is 0.261. The third-order valence-corrected chi connectivity index (χ3v) is 3.34. The molecule has 2 aromatic rings. The molecule has 3 rings (SSSR count). The molecule has 0 saturated heterocycles. The highest BCUT2D eigenvalue weighted by atomic mass is 32.1. The molecule has 0 radical (unpaired) electrons. The average Bonchev–Trinajstić information content (AvgIpc) is 3.21. The second kappa shape index (κ2) is 5.14. The van der Waals surface area contributed by atoms with Crippen LogP contribution in [0.1, 0.15) is 24.6 Å². The maximum Gasteiger partial charge on any atom is 0.573 e. The zero-order valence-corrected chi connectivity index (χ0v) is 11.6. The second-order valence-electron chi connectivity index (χ2n) is 4.84. The van der Waals surface area contributed by atoms with E-state index < -0.39 is 6.36 Å². The number of alkyl halides is 3. The summed E-state index contributed by atoms with van der Waals surface area (Å²) in [6.07, 6.45) is -2.70. The van der Waals surface area contributed by atoms with E-state index >= 15 is 0 Å². The van der Waals surface area contributed by atoms with Gasteiger partial charge in [-0.2, -0.15) is 0 Å². The van der Waals surface area contributed by atoms with Gasteiger partial charge in [0.2, 0.25) is 0 Å². The lowest BCUT2D eigenvalue weighted by Crippen LogP contribution is -2.17. The van der Waals surface area contributed by atoms with Crippen LogP contribution >= 0.6 is 12.2 Å². The molecule has 3 nitrogen and oxygen atoms in total. The number of H-pyrrole nitrogens is 1. The predicted octanol–water partition coefficient (Wildman–Crippen LogP) is 4.58. The van der Waals surface area contributed by atoms with Crippen molar-refractivity contribution in [2.45, 2.75) is 25.1 Å². The number of para-hydroxylation sites is 1. The van der Waals surface area contributed by atoms with Crippen LogP contribution in [0.3, 0.4) is 0 Å². The number of halogens is 3. The van der Waals surface area contributed by atoms with Crippen LogP contribution in [-0.2, 0) is 0 Å². The first kappa shape index (κ1) is 14.1. The summed E-state index contributed by atoms with van der Waals surface area (Å²) in [5.74, 6) is 0.783. The van der Waals surface area contributed by atoms with Crippen molar-refractivity contribution in [3.8, 4) is 17.0 Å². The highest BCUT2D eigenvalue weighted by Crippen LogP contribution is 2.39. The molecule has 0 bridgehead atoms. The molecule has 0 atom stereocenters. The van der Waals surface area contributed by atoms with Crippen molar-refractivity contribution in [3.63, 3.8) is 0 Å². The van der Waals surface area contributed by atoms with Crippen LogP contribution in [0.15, 0.2) is 30.3 Å². The highest BCUT2D eigenvalue weighted by Gasteiger charge is 2.32. The summed E-state index contributed by atoms with van der Waals surface area (Å²) in [5.41, 5.74) is 0.793. The Labute approximate surface area is 123 Å². The Morgan fingerprint density at radius 1 is 1.24 bits per heavy atom. The van der Waals surface area contributed by atoms with Gasteiger partial charge in [-0.15, -0.1) is 13.2 Å². The van der Waals surface area contributed by atoms with Gasteiger partial charge in [-0.1, -0.05) is 24.4 Å². The first-order valence-corrected chi connectivity index (χ1v) is 6.79. The minimum atomic E-state index is -4.74. The summed E-state index contributed by atoms with van der Waals surface area (Å²) in [6, 6.07) is 7.50. The summed E-state index contributed by atoms with van der Waals surface area (Å²) >= 11 is 5.09. The van der Waals surface area contributed by atoms with E-state index in [0.717, 1.165) is 18.7 Å². The molecule has 1 N–H and O–H groups in total. The van der Waals surface area contributed by atoms with Crippen molar-refractivity contribution >= 4 is 12.2 Å². The van der Waals surface area contributed by atoms with E-state index in [0.29, 0.717) is 21.8 Å². The van der Waals surface area contributed by atoms with Gasteiger partial charge in [0.25, 0.3) is 0 Å². The molecule has 0 spiro atoms. The number of nitrogens with one attached hydrogen (secondary N) is 1. The number of rotatable bonds is 3. The molecule has 1 aliphatic rings. The normalized spacial score (nSPS) is 15.0. The minimum Gasteiger partial charge on any atom is -0.405 e. The molecule has 1 aliphatic carbocycles. The van der Waals surface area contributed by atoms with Crippen LogP contribution in [0.25, 0.3) is 11.3 Å². The van der Waals surface area contributed by atoms with Crippen LogP contribution < -0.4 is 4.74 Å². The van der Waals surface area contributed by atoms with Gasteiger partial charge in [0.05, 0.1) is 5.69 Å². The van der Waals surface area contributed by atoms with E-state index in [9.17, 15) is 13.2 Å². The first-order valence-electron chi connectivity index (χ1n) is 6.39. The Morgan fingerprint density at radius 2 is 1.95 bits per heavy atom. The molecule has 1 aromatic carbocycles. The molecule has 21 heavy (non-hydrogen) atoms. The fraction of sp³-hybridized carbons (Fsp3) is 0.286. The summed E-state index contributed by atoms with van der Waals surface area (Å²) in [7, 11) is 0. The van der Waals surface area contributed by atoms with E-state index in [4.69, 9.17) is 12.2 Å². The molecular formula is C14H11F3N2OS. The quantitative estimate of drug-likeness (QED) is 0.843. The van der Waals surface area contributed by atoms with Gasteiger partial charge in [-0.25, -0.2) is 4.98 Å². The van der Waals surface area contributed by atoms with Crippen molar-refractivity contribution in [2.75, 3.05) is 0 Å². The summed E-state index contributed by atoms with van der Waals surface area (Å²) in [6.45, 7) is 0. The van der Waals surface area contributed by atoms with Crippen LogP contribution in [0, 0.1) is 4.64 Å². The van der Waals surface area contributed by atoms with Crippen molar-refractivity contribution in [1.29, 1.82) is 0 Å². The van der Waals surface area contributed by atoms with E-state index in [-0.39, 0.29) is 5.75 Å². The number of aromatic amines is 1. The lowest BCUT2D eigenvalue weighted by atomic mass is 10.1. The fourth-order valence-electron chi connectivity index (χ4n) is 2.07. The van der Waals surface area contributed by atoms with Gasteiger partial charge in [0, 0.05) is 11.5 Å². The van der Waals surface area contributed by atoms with E-state index in [2.05, 4.69) is 14.7 Å². The van der Waals surface area contributed by atoms with E-state index in [1.54, 1.807) is 18.2 Å². The molecule has 7 heteroatoms.